The van der Waals surface area contributed by atoms with Gasteiger partial charge in [-0.05, 0) is 47.7 Å². The first-order chi connectivity index (χ1) is 22.6. The van der Waals surface area contributed by atoms with Gasteiger partial charge in [-0.1, -0.05) is 78.9 Å². The molecule has 0 spiro atoms. The number of aryl methyl sites for hydroxylation is 1. The molecule has 46 heavy (non-hydrogen) atoms. The number of anilines is 2. The predicted molar refractivity (Wildman–Crippen MR) is 174 cm³/mol. The summed E-state index contributed by atoms with van der Waals surface area (Å²) in [7, 11) is 1.28. The van der Waals surface area contributed by atoms with Crippen molar-refractivity contribution < 1.29 is 23.9 Å². The lowest BCUT2D eigenvalue weighted by Crippen LogP contribution is -2.51. The highest BCUT2D eigenvalue weighted by molar-refractivity contribution is 5.98. The lowest BCUT2D eigenvalue weighted by molar-refractivity contribution is -0.118. The molecule has 4 aromatic rings. The number of hydrogen-bond donors (Lipinski definition) is 3. The summed E-state index contributed by atoms with van der Waals surface area (Å²) in [5, 5.41) is 17.2. The SMILES string of the molecule is COC(=O)N[C@H](C(=O)Nc1ccccc1CC[C@@H]1CN[C@H](CN(C=O)c2cccnn2)CO1)C(c1ccccc1)c1ccccc1. The van der Waals surface area contributed by atoms with Gasteiger partial charge >= 0.3 is 6.09 Å². The molecule has 0 saturated carbocycles. The number of alkyl carbamates (subject to hydrolysis) is 1. The van der Waals surface area contributed by atoms with E-state index < -0.39 is 18.1 Å². The number of rotatable bonds is 13. The summed E-state index contributed by atoms with van der Waals surface area (Å²) in [4.78, 5) is 39.7. The van der Waals surface area contributed by atoms with Crippen LogP contribution in [0.25, 0.3) is 0 Å². The van der Waals surface area contributed by atoms with Crippen molar-refractivity contribution >= 4 is 29.9 Å². The van der Waals surface area contributed by atoms with Crippen LogP contribution in [0.3, 0.4) is 0 Å². The molecule has 1 aliphatic rings. The average Bonchev–Trinajstić information content (AvgIpc) is 3.11. The lowest BCUT2D eigenvalue weighted by atomic mass is 9.84. The van der Waals surface area contributed by atoms with Crippen LogP contribution in [0.4, 0.5) is 16.3 Å². The van der Waals surface area contributed by atoms with E-state index in [2.05, 4.69) is 26.1 Å². The number of nitrogens with zero attached hydrogens (tertiary/aromatic N) is 3. The number of ether oxygens (including phenoxy) is 2. The van der Waals surface area contributed by atoms with Crippen LogP contribution in [0.5, 0.6) is 0 Å². The topological polar surface area (TPSA) is 135 Å². The molecule has 1 fully saturated rings. The zero-order valence-electron chi connectivity index (χ0n) is 25.6. The summed E-state index contributed by atoms with van der Waals surface area (Å²) in [5.41, 5.74) is 3.37. The van der Waals surface area contributed by atoms with Crippen molar-refractivity contribution in [3.8, 4) is 0 Å². The fraction of sp³-hybridized carbons (Fsp3) is 0.286. The Bertz CT molecular complexity index is 1510. The van der Waals surface area contributed by atoms with Crippen LogP contribution in [-0.2, 0) is 25.5 Å². The molecular formula is C35H38N6O5. The summed E-state index contributed by atoms with van der Waals surface area (Å²) < 4.78 is 11.1. The molecule has 0 unspecified atom stereocenters. The molecule has 11 heteroatoms. The van der Waals surface area contributed by atoms with Gasteiger partial charge in [0.15, 0.2) is 5.82 Å². The van der Waals surface area contributed by atoms with Gasteiger partial charge in [0.05, 0.1) is 19.8 Å². The zero-order chi connectivity index (χ0) is 32.1. The molecule has 1 saturated heterocycles. The van der Waals surface area contributed by atoms with E-state index in [1.807, 2.05) is 84.9 Å². The standard InChI is InChI=1S/C35H38N6O5/c1-45-35(44)39-33(32(26-12-4-2-5-13-26)27-14-6-3-7-15-27)34(43)38-30-16-9-8-11-25(30)18-19-29-21-36-28(23-46-29)22-41(24-42)31-17-10-20-37-40-31/h2-17,20,24,28-29,32-33,36H,18-19,21-23H2,1H3,(H,38,43)(H,39,44)/t28-,29-,33+/m1/s1. The van der Waals surface area contributed by atoms with Gasteiger partial charge in [-0.15, -0.1) is 5.10 Å². The molecule has 0 aliphatic carbocycles. The highest BCUT2D eigenvalue weighted by Crippen LogP contribution is 2.30. The van der Waals surface area contributed by atoms with Gasteiger partial charge in [0.2, 0.25) is 12.3 Å². The Morgan fingerprint density at radius 1 is 1.00 bits per heavy atom. The number of carbonyl (C=O) groups excluding carboxylic acids is 3. The average molecular weight is 623 g/mol. The minimum atomic E-state index is -0.957. The fourth-order valence-electron chi connectivity index (χ4n) is 5.62. The number of para-hydroxylation sites is 1. The third-order valence-corrected chi connectivity index (χ3v) is 7.97. The largest absolute Gasteiger partial charge is 0.453 e. The van der Waals surface area contributed by atoms with Crippen LogP contribution in [-0.4, -0.2) is 73.6 Å². The van der Waals surface area contributed by atoms with Crippen molar-refractivity contribution in [1.82, 2.24) is 20.8 Å². The van der Waals surface area contributed by atoms with Crippen LogP contribution < -0.4 is 20.9 Å². The van der Waals surface area contributed by atoms with Crippen molar-refractivity contribution in [3.05, 3.63) is 120 Å². The number of benzene rings is 3. The first kappa shape index (κ1) is 32.3. The first-order valence-electron chi connectivity index (χ1n) is 15.2. The lowest BCUT2D eigenvalue weighted by Gasteiger charge is -2.32. The molecule has 5 rings (SSSR count). The predicted octanol–water partition coefficient (Wildman–Crippen LogP) is 3.92. The first-order valence-corrected chi connectivity index (χ1v) is 15.2. The maximum absolute atomic E-state index is 14.0. The number of aromatic nitrogens is 2. The molecule has 0 bridgehead atoms. The number of amides is 3. The van der Waals surface area contributed by atoms with Gasteiger partial charge in [0.1, 0.15) is 6.04 Å². The van der Waals surface area contributed by atoms with E-state index in [-0.39, 0.29) is 18.1 Å². The van der Waals surface area contributed by atoms with E-state index in [4.69, 9.17) is 9.47 Å². The maximum atomic E-state index is 14.0. The van der Waals surface area contributed by atoms with E-state index >= 15 is 0 Å². The Labute approximate surface area is 268 Å². The van der Waals surface area contributed by atoms with Gasteiger partial charge in [-0.2, -0.15) is 5.10 Å². The van der Waals surface area contributed by atoms with Crippen molar-refractivity contribution in [2.75, 3.05) is 37.0 Å². The number of morpholine rings is 1. The number of carbonyl (C=O) groups is 3. The molecule has 3 aromatic carbocycles. The fourth-order valence-corrected chi connectivity index (χ4v) is 5.62. The van der Waals surface area contributed by atoms with Crippen LogP contribution in [0, 0.1) is 0 Å². The zero-order valence-corrected chi connectivity index (χ0v) is 25.6. The summed E-state index contributed by atoms with van der Waals surface area (Å²) in [6.45, 7) is 1.47. The van der Waals surface area contributed by atoms with E-state index in [0.717, 1.165) is 23.1 Å². The minimum absolute atomic E-state index is 0.0450. The molecule has 238 valence electrons. The van der Waals surface area contributed by atoms with Gasteiger partial charge in [0.25, 0.3) is 0 Å². The molecule has 3 amide bonds. The molecule has 1 aromatic heterocycles. The molecular weight excluding hydrogens is 584 g/mol. The van der Waals surface area contributed by atoms with E-state index in [1.165, 1.54) is 12.0 Å². The van der Waals surface area contributed by atoms with Crippen LogP contribution in [0.15, 0.2) is 103 Å². The Kier molecular flexibility index (Phi) is 11.4. The summed E-state index contributed by atoms with van der Waals surface area (Å²) in [6, 6.07) is 29.4. The molecule has 11 nitrogen and oxygen atoms in total. The van der Waals surface area contributed by atoms with Crippen molar-refractivity contribution in [1.29, 1.82) is 0 Å². The van der Waals surface area contributed by atoms with Crippen molar-refractivity contribution in [3.63, 3.8) is 0 Å². The summed E-state index contributed by atoms with van der Waals surface area (Å²) >= 11 is 0. The Balaban J connectivity index is 1.24. The van der Waals surface area contributed by atoms with Gasteiger partial charge in [-0.25, -0.2) is 4.79 Å². The Hall–Kier alpha value is -5.13. The van der Waals surface area contributed by atoms with Crippen LogP contribution in [0.2, 0.25) is 0 Å². The minimum Gasteiger partial charge on any atom is -0.453 e. The second-order valence-corrected chi connectivity index (χ2v) is 11.0. The summed E-state index contributed by atoms with van der Waals surface area (Å²) in [6.07, 6.45) is 2.94. The van der Waals surface area contributed by atoms with E-state index in [0.29, 0.717) is 44.0 Å². The number of nitrogens with one attached hydrogen (secondary N) is 3. The quantitative estimate of drug-likeness (QED) is 0.191. The van der Waals surface area contributed by atoms with Crippen molar-refractivity contribution in [2.24, 2.45) is 0 Å². The van der Waals surface area contributed by atoms with E-state index in [1.54, 1.807) is 18.3 Å². The second kappa shape index (κ2) is 16.3. The molecule has 2 heterocycles. The normalized spacial score (nSPS) is 16.7. The molecule has 0 radical (unpaired) electrons. The monoisotopic (exact) mass is 622 g/mol. The third-order valence-electron chi connectivity index (χ3n) is 7.97. The Morgan fingerprint density at radius 3 is 2.30 bits per heavy atom. The second-order valence-electron chi connectivity index (χ2n) is 11.0. The Morgan fingerprint density at radius 2 is 1.70 bits per heavy atom. The maximum Gasteiger partial charge on any atom is 0.407 e. The smallest absolute Gasteiger partial charge is 0.407 e. The van der Waals surface area contributed by atoms with E-state index in [9.17, 15) is 14.4 Å². The molecule has 3 atom stereocenters. The highest BCUT2D eigenvalue weighted by Gasteiger charge is 2.33. The third kappa shape index (κ3) is 8.52. The van der Waals surface area contributed by atoms with Gasteiger partial charge in [0, 0.05) is 36.9 Å². The molecule has 1 aliphatic heterocycles. The van der Waals surface area contributed by atoms with Crippen LogP contribution in [0.1, 0.15) is 29.0 Å². The molecule has 3 N–H and O–H groups in total. The summed E-state index contributed by atoms with van der Waals surface area (Å²) in [5.74, 6) is -0.341. The highest BCUT2D eigenvalue weighted by atomic mass is 16.5. The van der Waals surface area contributed by atoms with Gasteiger partial charge in [-0.3, -0.25) is 14.5 Å². The van der Waals surface area contributed by atoms with Crippen LogP contribution >= 0.6 is 0 Å². The number of hydrogen-bond acceptors (Lipinski definition) is 8. The number of methoxy groups -OCH3 is 1. The van der Waals surface area contributed by atoms with Gasteiger partial charge < -0.3 is 25.4 Å². The van der Waals surface area contributed by atoms with Crippen molar-refractivity contribution in [2.45, 2.75) is 36.9 Å².